The summed E-state index contributed by atoms with van der Waals surface area (Å²) in [4.78, 5) is 46.2. The molecule has 2 rings (SSSR count). The summed E-state index contributed by atoms with van der Waals surface area (Å²) in [6.07, 6.45) is 0.0440. The third kappa shape index (κ3) is 6.31. The number of aliphatic carboxylic acids is 2. The SMILES string of the molecule is O=C(O)CNC(=O)[C@H](CS)NC(=O)CC[C@H](Nc1c(O)c(O)cc2c1CCN2)C(=O)O. The second kappa shape index (κ2) is 10.6. The zero-order chi connectivity index (χ0) is 23.1. The van der Waals surface area contributed by atoms with Crippen molar-refractivity contribution < 1.29 is 39.6 Å². The highest BCUT2D eigenvalue weighted by Gasteiger charge is 2.27. The van der Waals surface area contributed by atoms with Gasteiger partial charge in [0, 0.05) is 36.0 Å². The van der Waals surface area contributed by atoms with E-state index < -0.39 is 53.9 Å². The van der Waals surface area contributed by atoms with Gasteiger partial charge in [0.05, 0.1) is 5.69 Å². The topological polar surface area (TPSA) is 197 Å². The number of aromatic hydroxyl groups is 2. The van der Waals surface area contributed by atoms with Gasteiger partial charge < -0.3 is 41.7 Å². The summed E-state index contributed by atoms with van der Waals surface area (Å²) in [7, 11) is 0. The van der Waals surface area contributed by atoms with Gasteiger partial charge in [-0.2, -0.15) is 12.6 Å². The maximum Gasteiger partial charge on any atom is 0.326 e. The number of carboxylic acid groups (broad SMARTS) is 2. The van der Waals surface area contributed by atoms with E-state index in [1.54, 1.807) is 0 Å². The predicted molar refractivity (Wildman–Crippen MR) is 113 cm³/mol. The highest BCUT2D eigenvalue weighted by Crippen LogP contribution is 2.43. The Labute approximate surface area is 182 Å². The van der Waals surface area contributed by atoms with Gasteiger partial charge >= 0.3 is 11.9 Å². The van der Waals surface area contributed by atoms with Crippen LogP contribution in [0.1, 0.15) is 18.4 Å². The van der Waals surface area contributed by atoms with E-state index in [9.17, 15) is 34.5 Å². The van der Waals surface area contributed by atoms with Crippen molar-refractivity contribution >= 4 is 47.8 Å². The van der Waals surface area contributed by atoms with Gasteiger partial charge in [0.2, 0.25) is 11.8 Å². The van der Waals surface area contributed by atoms with Crippen LogP contribution in [-0.4, -0.2) is 75.1 Å². The second-order valence-corrected chi connectivity index (χ2v) is 7.18. The van der Waals surface area contributed by atoms with Crippen LogP contribution >= 0.6 is 12.6 Å². The van der Waals surface area contributed by atoms with Gasteiger partial charge in [0.1, 0.15) is 18.6 Å². The summed E-state index contributed by atoms with van der Waals surface area (Å²) >= 11 is 3.95. The fourth-order valence-electron chi connectivity index (χ4n) is 3.05. The van der Waals surface area contributed by atoms with Crippen molar-refractivity contribution in [3.8, 4) is 11.5 Å². The number of phenolic OH excluding ortho intramolecular Hbond substituents is 2. The molecule has 2 amide bonds. The molecule has 0 spiro atoms. The number of carbonyl (C=O) groups is 4. The Morgan fingerprint density at radius 1 is 1.16 bits per heavy atom. The zero-order valence-corrected chi connectivity index (χ0v) is 17.2. The first-order valence-corrected chi connectivity index (χ1v) is 9.98. The quantitative estimate of drug-likeness (QED) is 0.117. The van der Waals surface area contributed by atoms with Gasteiger partial charge in [-0.05, 0) is 12.8 Å². The molecule has 13 heteroatoms. The van der Waals surface area contributed by atoms with Crippen LogP contribution in [0.25, 0.3) is 0 Å². The summed E-state index contributed by atoms with van der Waals surface area (Å²) in [5, 5.41) is 48.3. The molecule has 0 bridgehead atoms. The van der Waals surface area contributed by atoms with E-state index in [4.69, 9.17) is 5.11 Å². The number of nitrogens with one attached hydrogen (secondary N) is 4. The highest BCUT2D eigenvalue weighted by atomic mass is 32.1. The number of carboxylic acids is 2. The van der Waals surface area contributed by atoms with Gasteiger partial charge in [0.15, 0.2) is 11.5 Å². The van der Waals surface area contributed by atoms with E-state index >= 15 is 0 Å². The molecule has 1 aliphatic heterocycles. The number of hydrogen-bond donors (Lipinski definition) is 9. The number of fused-ring (bicyclic) bond motifs is 1. The van der Waals surface area contributed by atoms with Crippen molar-refractivity contribution in [2.75, 3.05) is 29.5 Å². The van der Waals surface area contributed by atoms with Crippen molar-refractivity contribution in [3.63, 3.8) is 0 Å². The summed E-state index contributed by atoms with van der Waals surface area (Å²) in [5.74, 6) is -4.88. The van der Waals surface area contributed by atoms with Gasteiger partial charge in [-0.3, -0.25) is 14.4 Å². The average Bonchev–Trinajstić information content (AvgIpc) is 3.17. The Bertz CT molecular complexity index is 879. The fourth-order valence-corrected chi connectivity index (χ4v) is 3.30. The smallest absolute Gasteiger partial charge is 0.326 e. The summed E-state index contributed by atoms with van der Waals surface area (Å²) in [5.41, 5.74) is 1.27. The Morgan fingerprint density at radius 2 is 1.87 bits per heavy atom. The van der Waals surface area contributed by atoms with Gasteiger partial charge in [0.25, 0.3) is 0 Å². The van der Waals surface area contributed by atoms with Crippen LogP contribution in [0, 0.1) is 0 Å². The largest absolute Gasteiger partial charge is 0.504 e. The lowest BCUT2D eigenvalue weighted by molar-refractivity contribution is -0.138. The van der Waals surface area contributed by atoms with Crippen LogP contribution in [0.4, 0.5) is 11.4 Å². The molecule has 0 aliphatic carbocycles. The summed E-state index contributed by atoms with van der Waals surface area (Å²) < 4.78 is 0. The van der Waals surface area contributed by atoms with Crippen LogP contribution in [-0.2, 0) is 25.6 Å². The van der Waals surface area contributed by atoms with E-state index in [0.29, 0.717) is 24.2 Å². The normalized spacial score (nSPS) is 14.0. The number of rotatable bonds is 11. The highest BCUT2D eigenvalue weighted by molar-refractivity contribution is 7.80. The molecular formula is C18H24N4O8S. The van der Waals surface area contributed by atoms with E-state index in [1.165, 1.54) is 6.07 Å². The van der Waals surface area contributed by atoms with Crippen LogP contribution < -0.4 is 21.3 Å². The first-order valence-electron chi connectivity index (χ1n) is 9.34. The zero-order valence-electron chi connectivity index (χ0n) is 16.3. The van der Waals surface area contributed by atoms with Crippen molar-refractivity contribution in [1.29, 1.82) is 0 Å². The maximum atomic E-state index is 12.2. The lowest BCUT2D eigenvalue weighted by Gasteiger charge is -2.20. The molecule has 0 radical (unpaired) electrons. The lowest BCUT2D eigenvalue weighted by atomic mass is 10.1. The molecule has 31 heavy (non-hydrogen) atoms. The van der Waals surface area contributed by atoms with Crippen molar-refractivity contribution in [1.82, 2.24) is 10.6 Å². The first-order chi connectivity index (χ1) is 14.6. The molecule has 0 fully saturated rings. The molecule has 0 unspecified atom stereocenters. The minimum Gasteiger partial charge on any atom is -0.504 e. The molecule has 8 N–H and O–H groups in total. The van der Waals surface area contributed by atoms with Crippen LogP contribution in [0.3, 0.4) is 0 Å². The Kier molecular flexibility index (Phi) is 8.19. The molecule has 0 saturated carbocycles. The van der Waals surface area contributed by atoms with Crippen molar-refractivity contribution in [2.24, 2.45) is 0 Å². The van der Waals surface area contributed by atoms with Crippen LogP contribution in [0.2, 0.25) is 0 Å². The Hall–Kier alpha value is -3.35. The molecule has 1 aromatic rings. The maximum absolute atomic E-state index is 12.2. The number of thiol groups is 1. The van der Waals surface area contributed by atoms with Crippen LogP contribution in [0.5, 0.6) is 11.5 Å². The molecule has 1 aliphatic rings. The number of amides is 2. The Morgan fingerprint density at radius 3 is 2.48 bits per heavy atom. The standard InChI is InChI=1S/C18H24N4O8S/c23-12-5-10-8(3-4-19-10)15(16(12)27)22-9(18(29)30)1-2-13(24)21-11(7-31)17(28)20-6-14(25)26/h5,9,11,19,22-23,27,31H,1-4,6-7H2,(H,20,28)(H,21,24)(H,25,26)(H,29,30)/t9-,11-/m0/s1. The molecule has 1 aromatic carbocycles. The van der Waals surface area contributed by atoms with E-state index in [0.717, 1.165) is 0 Å². The molecule has 2 atom stereocenters. The number of hydrogen-bond acceptors (Lipinski definition) is 9. The predicted octanol–water partition coefficient (Wildman–Crippen LogP) is -0.673. The number of benzene rings is 1. The monoisotopic (exact) mass is 456 g/mol. The van der Waals surface area contributed by atoms with Gasteiger partial charge in [-0.25, -0.2) is 4.79 Å². The van der Waals surface area contributed by atoms with Crippen LogP contribution in [0.15, 0.2) is 6.07 Å². The molecule has 0 saturated heterocycles. The van der Waals surface area contributed by atoms with E-state index in [1.807, 2.05) is 0 Å². The average molecular weight is 456 g/mol. The fraction of sp³-hybridized carbons (Fsp3) is 0.444. The summed E-state index contributed by atoms with van der Waals surface area (Å²) in [6.45, 7) is -0.0569. The van der Waals surface area contributed by atoms with Gasteiger partial charge in [-0.15, -0.1) is 0 Å². The van der Waals surface area contributed by atoms with Crippen molar-refractivity contribution in [3.05, 3.63) is 11.6 Å². The minimum atomic E-state index is -1.28. The second-order valence-electron chi connectivity index (χ2n) is 6.81. The third-order valence-corrected chi connectivity index (χ3v) is 4.97. The number of carbonyl (C=O) groups excluding carboxylic acids is 2. The third-order valence-electron chi connectivity index (χ3n) is 4.60. The lowest BCUT2D eigenvalue weighted by Crippen LogP contribution is -2.49. The number of phenols is 2. The minimum absolute atomic E-state index is 0.0779. The Balaban J connectivity index is 2.00. The van der Waals surface area contributed by atoms with E-state index in [-0.39, 0.29) is 24.3 Å². The molecule has 0 aromatic heterocycles. The first kappa shape index (κ1) is 23.9. The molecule has 170 valence electrons. The molecule has 1 heterocycles. The van der Waals surface area contributed by atoms with Crippen molar-refractivity contribution in [2.45, 2.75) is 31.3 Å². The van der Waals surface area contributed by atoms with Gasteiger partial charge in [-0.1, -0.05) is 0 Å². The van der Waals surface area contributed by atoms with E-state index in [2.05, 4.69) is 33.9 Å². The molecule has 12 nitrogen and oxygen atoms in total. The summed E-state index contributed by atoms with van der Waals surface area (Å²) in [6, 6.07) is -1.01. The number of anilines is 2. The molecular weight excluding hydrogens is 432 g/mol.